The maximum atomic E-state index is 12.4. The van der Waals surface area contributed by atoms with Crippen LogP contribution < -0.4 is 0 Å². The van der Waals surface area contributed by atoms with Gasteiger partial charge in [-0.1, -0.05) is 28.1 Å². The average Bonchev–Trinajstić information content (AvgIpc) is 2.41. The van der Waals surface area contributed by atoms with Gasteiger partial charge in [-0.3, -0.25) is 4.79 Å². The molecule has 128 valence electrons. The highest BCUT2D eigenvalue weighted by atomic mass is 79.9. The van der Waals surface area contributed by atoms with E-state index in [1.54, 1.807) is 20.8 Å². The predicted octanol–water partition coefficient (Wildman–Crippen LogP) is 3.09. The zero-order valence-corrected chi connectivity index (χ0v) is 16.0. The monoisotopic (exact) mass is 403 g/mol. The van der Waals surface area contributed by atoms with Crippen LogP contribution in [0.3, 0.4) is 0 Å². The summed E-state index contributed by atoms with van der Waals surface area (Å²) in [7, 11) is -3.46. The van der Waals surface area contributed by atoms with Crippen LogP contribution in [0.5, 0.6) is 0 Å². The minimum atomic E-state index is -3.46. The van der Waals surface area contributed by atoms with Crippen molar-refractivity contribution in [3.63, 3.8) is 0 Å². The van der Waals surface area contributed by atoms with E-state index in [1.807, 2.05) is 24.3 Å². The number of benzene rings is 1. The molecule has 1 aliphatic rings. The molecule has 0 amide bonds. The minimum Gasteiger partial charge on any atom is -0.459 e. The molecule has 0 saturated carbocycles. The van der Waals surface area contributed by atoms with E-state index in [0.717, 1.165) is 10.0 Å². The molecule has 0 unspecified atom stereocenters. The van der Waals surface area contributed by atoms with Crippen LogP contribution in [-0.2, 0) is 26.1 Å². The van der Waals surface area contributed by atoms with Crippen LogP contribution >= 0.6 is 15.9 Å². The van der Waals surface area contributed by atoms with Crippen molar-refractivity contribution in [1.82, 2.24) is 4.31 Å². The van der Waals surface area contributed by atoms with Gasteiger partial charge in [-0.25, -0.2) is 8.42 Å². The van der Waals surface area contributed by atoms with E-state index in [1.165, 1.54) is 4.31 Å². The van der Waals surface area contributed by atoms with Crippen molar-refractivity contribution in [2.45, 2.75) is 51.8 Å². The number of hydrogen-bond donors (Lipinski definition) is 0. The largest absolute Gasteiger partial charge is 0.459 e. The lowest BCUT2D eigenvalue weighted by molar-refractivity contribution is -0.160. The van der Waals surface area contributed by atoms with E-state index in [4.69, 9.17) is 4.74 Å². The third-order valence-corrected chi connectivity index (χ3v) is 5.95. The smallest absolute Gasteiger partial charge is 0.324 e. The fourth-order valence-electron chi connectivity index (χ4n) is 2.50. The molecule has 0 aromatic heterocycles. The van der Waals surface area contributed by atoms with Gasteiger partial charge in [-0.2, -0.15) is 4.31 Å². The summed E-state index contributed by atoms with van der Waals surface area (Å²) >= 11 is 3.36. The fourth-order valence-corrected chi connectivity index (χ4v) is 4.45. The highest BCUT2D eigenvalue weighted by Gasteiger charge is 2.40. The summed E-state index contributed by atoms with van der Waals surface area (Å²) in [6, 6.07) is 6.65. The molecule has 0 spiro atoms. The zero-order chi connectivity index (χ0) is 17.3. The third-order valence-electron chi connectivity index (χ3n) is 3.52. The maximum absolute atomic E-state index is 12.4. The van der Waals surface area contributed by atoms with Gasteiger partial charge < -0.3 is 4.74 Å². The molecule has 5 nitrogen and oxygen atoms in total. The summed E-state index contributed by atoms with van der Waals surface area (Å²) < 4.78 is 32.5. The summed E-state index contributed by atoms with van der Waals surface area (Å²) in [6.45, 7) is 5.52. The van der Waals surface area contributed by atoms with Gasteiger partial charge in [-0.15, -0.1) is 0 Å². The van der Waals surface area contributed by atoms with Gasteiger partial charge in [0.1, 0.15) is 11.6 Å². The third kappa shape index (κ3) is 5.02. The Kier molecular flexibility index (Phi) is 5.53. The van der Waals surface area contributed by atoms with Gasteiger partial charge in [0.05, 0.1) is 5.75 Å². The molecule has 1 aromatic carbocycles. The number of esters is 1. The molecule has 1 fully saturated rings. The Labute approximate surface area is 146 Å². The number of ether oxygens (including phenoxy) is 1. The SMILES string of the molecule is CC(C)(C)OC(=O)[C@H]1CCCS(=O)(=O)N1Cc1ccc(Br)cc1. The van der Waals surface area contributed by atoms with Crippen LogP contribution in [0.25, 0.3) is 0 Å². The Bertz CT molecular complexity index is 664. The number of carbonyl (C=O) groups is 1. The predicted molar refractivity (Wildman–Crippen MR) is 92.3 cm³/mol. The molecule has 1 aliphatic heterocycles. The van der Waals surface area contributed by atoms with Crippen LogP contribution in [-0.4, -0.2) is 36.1 Å². The summed E-state index contributed by atoms with van der Waals surface area (Å²) in [5, 5.41) is 0. The molecule has 0 N–H and O–H groups in total. The normalized spacial score (nSPS) is 21.8. The quantitative estimate of drug-likeness (QED) is 0.727. The Hall–Kier alpha value is -0.920. The molecule has 0 aliphatic carbocycles. The number of sulfonamides is 1. The first-order valence-electron chi connectivity index (χ1n) is 7.55. The van der Waals surface area contributed by atoms with Gasteiger partial charge in [0.15, 0.2) is 0 Å². The molecule has 7 heteroatoms. The highest BCUT2D eigenvalue weighted by molar-refractivity contribution is 9.10. The van der Waals surface area contributed by atoms with Crippen molar-refractivity contribution >= 4 is 31.9 Å². The Morgan fingerprint density at radius 2 is 1.91 bits per heavy atom. The van der Waals surface area contributed by atoms with Gasteiger partial charge in [0, 0.05) is 11.0 Å². The first kappa shape index (κ1) is 18.4. The van der Waals surface area contributed by atoms with E-state index in [0.29, 0.717) is 12.8 Å². The number of rotatable bonds is 3. The number of hydrogen-bond acceptors (Lipinski definition) is 4. The molecule has 1 saturated heterocycles. The van der Waals surface area contributed by atoms with E-state index in [9.17, 15) is 13.2 Å². The van der Waals surface area contributed by atoms with Crippen LogP contribution in [0.1, 0.15) is 39.2 Å². The van der Waals surface area contributed by atoms with Crippen LogP contribution in [0.4, 0.5) is 0 Å². The summed E-state index contributed by atoms with van der Waals surface area (Å²) in [5.41, 5.74) is 0.203. The topological polar surface area (TPSA) is 63.7 Å². The molecule has 1 atom stereocenters. The van der Waals surface area contributed by atoms with Crippen molar-refractivity contribution in [3.8, 4) is 0 Å². The first-order valence-corrected chi connectivity index (χ1v) is 9.95. The molecule has 0 bridgehead atoms. The zero-order valence-electron chi connectivity index (χ0n) is 13.6. The molecule has 0 radical (unpaired) electrons. The molecular weight excluding hydrogens is 382 g/mol. The van der Waals surface area contributed by atoms with Crippen molar-refractivity contribution in [1.29, 1.82) is 0 Å². The van der Waals surface area contributed by atoms with Crippen LogP contribution in [0.2, 0.25) is 0 Å². The van der Waals surface area contributed by atoms with E-state index in [-0.39, 0.29) is 12.3 Å². The molecule has 2 rings (SSSR count). The van der Waals surface area contributed by atoms with Crippen molar-refractivity contribution in [2.24, 2.45) is 0 Å². The lowest BCUT2D eigenvalue weighted by Crippen LogP contribution is -2.50. The van der Waals surface area contributed by atoms with E-state index < -0.39 is 27.6 Å². The van der Waals surface area contributed by atoms with Crippen molar-refractivity contribution in [3.05, 3.63) is 34.3 Å². The second-order valence-electron chi connectivity index (χ2n) is 6.68. The molecule has 1 aromatic rings. The van der Waals surface area contributed by atoms with Gasteiger partial charge >= 0.3 is 5.97 Å². The average molecular weight is 404 g/mol. The lowest BCUT2D eigenvalue weighted by atomic mass is 10.1. The first-order chi connectivity index (χ1) is 10.6. The lowest BCUT2D eigenvalue weighted by Gasteiger charge is -2.35. The highest BCUT2D eigenvalue weighted by Crippen LogP contribution is 2.26. The standard InChI is InChI=1S/C16H22BrNO4S/c1-16(2,3)22-15(19)14-5-4-10-23(20,21)18(14)11-12-6-8-13(17)9-7-12/h6-9,14H,4-5,10-11H2,1-3H3/t14-/m1/s1. The fraction of sp³-hybridized carbons (Fsp3) is 0.562. The van der Waals surface area contributed by atoms with Gasteiger partial charge in [0.25, 0.3) is 0 Å². The summed E-state index contributed by atoms with van der Waals surface area (Å²) in [4.78, 5) is 12.4. The number of nitrogens with zero attached hydrogens (tertiary/aromatic N) is 1. The van der Waals surface area contributed by atoms with Crippen LogP contribution in [0, 0.1) is 0 Å². The molecular formula is C16H22BrNO4S. The Morgan fingerprint density at radius 3 is 2.48 bits per heavy atom. The summed E-state index contributed by atoms with van der Waals surface area (Å²) in [6.07, 6.45) is 0.966. The van der Waals surface area contributed by atoms with E-state index >= 15 is 0 Å². The molecule has 1 heterocycles. The second-order valence-corrected chi connectivity index (χ2v) is 9.64. The Morgan fingerprint density at radius 1 is 1.30 bits per heavy atom. The number of carbonyl (C=O) groups excluding carboxylic acids is 1. The maximum Gasteiger partial charge on any atom is 0.324 e. The Balaban J connectivity index is 2.25. The van der Waals surface area contributed by atoms with Crippen LogP contribution in [0.15, 0.2) is 28.7 Å². The van der Waals surface area contributed by atoms with Crippen molar-refractivity contribution < 1.29 is 17.9 Å². The minimum absolute atomic E-state index is 0.0722. The second kappa shape index (κ2) is 6.91. The molecule has 23 heavy (non-hydrogen) atoms. The van der Waals surface area contributed by atoms with Gasteiger partial charge in [0.2, 0.25) is 10.0 Å². The van der Waals surface area contributed by atoms with Crippen molar-refractivity contribution in [2.75, 3.05) is 5.75 Å². The van der Waals surface area contributed by atoms with Gasteiger partial charge in [-0.05, 0) is 51.3 Å². The van der Waals surface area contributed by atoms with E-state index in [2.05, 4.69) is 15.9 Å². The summed E-state index contributed by atoms with van der Waals surface area (Å²) in [5.74, 6) is -0.402. The number of halogens is 1.